The Bertz CT molecular complexity index is 1620. The summed E-state index contributed by atoms with van der Waals surface area (Å²) in [5.41, 5.74) is 0.537. The van der Waals surface area contributed by atoms with Gasteiger partial charge in [0.2, 0.25) is 5.91 Å². The van der Waals surface area contributed by atoms with Gasteiger partial charge in [0.1, 0.15) is 18.0 Å². The summed E-state index contributed by atoms with van der Waals surface area (Å²) in [6.45, 7) is -0.618. The van der Waals surface area contributed by atoms with Gasteiger partial charge in [-0.3, -0.25) is 9.59 Å². The van der Waals surface area contributed by atoms with Gasteiger partial charge < -0.3 is 39.7 Å². The highest BCUT2D eigenvalue weighted by Crippen LogP contribution is 2.37. The van der Waals surface area contributed by atoms with E-state index in [0.29, 0.717) is 14.9 Å². The van der Waals surface area contributed by atoms with Crippen LogP contribution in [0.25, 0.3) is 0 Å². The van der Waals surface area contributed by atoms with Gasteiger partial charge in [-0.25, -0.2) is 0 Å². The topological polar surface area (TPSA) is 138 Å². The fourth-order valence-corrected chi connectivity index (χ4v) is 6.15. The molecule has 0 heterocycles. The zero-order chi connectivity index (χ0) is 35.0. The molecular weight excluding hydrogens is 748 g/mol. The van der Waals surface area contributed by atoms with Gasteiger partial charge >= 0.3 is 6.18 Å². The average Bonchev–Trinajstić information content (AvgIpc) is 3.08. The summed E-state index contributed by atoms with van der Waals surface area (Å²) < 4.78 is 57.5. The first-order valence-electron chi connectivity index (χ1n) is 14.9. The van der Waals surface area contributed by atoms with E-state index in [1.807, 2.05) is 28.7 Å². The van der Waals surface area contributed by atoms with Crippen LogP contribution in [0.15, 0.2) is 72.3 Å². The fourth-order valence-electron chi connectivity index (χ4n) is 5.36. The van der Waals surface area contributed by atoms with Crippen LogP contribution in [0.2, 0.25) is 0 Å². The third kappa shape index (κ3) is 8.98. The number of nitrogens with zero attached hydrogens (tertiary/aromatic N) is 1. The molecule has 2 amide bonds. The second-order valence-electron chi connectivity index (χ2n) is 11.0. The van der Waals surface area contributed by atoms with Crippen LogP contribution in [-0.2, 0) is 24.0 Å². The summed E-state index contributed by atoms with van der Waals surface area (Å²) in [6, 6.07) is 13.1. The lowest BCUT2D eigenvalue weighted by molar-refractivity contribution is -0.137. The van der Waals surface area contributed by atoms with E-state index in [0.717, 1.165) is 29.8 Å². The molecule has 0 aliphatic heterocycles. The Hall–Kier alpha value is -3.86. The summed E-state index contributed by atoms with van der Waals surface area (Å²) in [5, 5.41) is 33.4. The third-order valence-electron chi connectivity index (χ3n) is 7.84. The number of ether oxygens (including phenoxy) is 3. The highest BCUT2D eigenvalue weighted by molar-refractivity contribution is 14.1. The van der Waals surface area contributed by atoms with Gasteiger partial charge in [-0.15, -0.1) is 0 Å². The van der Waals surface area contributed by atoms with E-state index < -0.39 is 41.8 Å². The maximum absolute atomic E-state index is 14.1. The molecule has 3 aromatic rings. The maximum Gasteiger partial charge on any atom is 0.416 e. The van der Waals surface area contributed by atoms with Crippen LogP contribution in [0.5, 0.6) is 17.2 Å². The van der Waals surface area contributed by atoms with Crippen molar-refractivity contribution in [2.45, 2.75) is 43.9 Å². The molecule has 3 aromatic carbocycles. The number of carbonyl (C=O) groups is 2. The number of nitrogens with one attached hydrogen (secondary N) is 1. The molecule has 4 rings (SSSR count). The standard InChI is InChI=1S/C34H36F3IN2O8/c1-46-25-5-3-4-20(14-25)10-12-40(33(45)22-6-8-24(9-7-22)34(35,36)37)27-17-23(32(44)39-11-13-41)18-28(30(27)43)48-31-26(38)15-21(19-42)16-29(31)47-2/h3-9,14-16,18,27-28,30,41-43H,10-13,17,19H2,1-2H3,(H,39,44). The average molecular weight is 785 g/mol. The number of aliphatic hydroxyl groups is 3. The van der Waals surface area contributed by atoms with Gasteiger partial charge in [0.25, 0.3) is 5.91 Å². The van der Waals surface area contributed by atoms with Crippen molar-refractivity contribution < 1.29 is 52.3 Å². The molecule has 0 aromatic heterocycles. The van der Waals surface area contributed by atoms with Crippen molar-refractivity contribution >= 4 is 34.4 Å². The van der Waals surface area contributed by atoms with E-state index >= 15 is 0 Å². The smallest absolute Gasteiger partial charge is 0.416 e. The van der Waals surface area contributed by atoms with E-state index in [1.54, 1.807) is 30.3 Å². The van der Waals surface area contributed by atoms with Gasteiger partial charge in [0, 0.05) is 30.6 Å². The van der Waals surface area contributed by atoms with Gasteiger partial charge in [-0.1, -0.05) is 12.1 Å². The summed E-state index contributed by atoms with van der Waals surface area (Å²) in [7, 11) is 2.92. The Morgan fingerprint density at radius 1 is 1.02 bits per heavy atom. The summed E-state index contributed by atoms with van der Waals surface area (Å²) in [4.78, 5) is 28.7. The molecule has 0 spiro atoms. The number of aliphatic hydroxyl groups excluding tert-OH is 3. The molecular formula is C34H36F3IN2O8. The Labute approximate surface area is 289 Å². The number of rotatable bonds is 13. The van der Waals surface area contributed by atoms with Crippen molar-refractivity contribution in [3.63, 3.8) is 0 Å². The molecule has 0 saturated carbocycles. The lowest BCUT2D eigenvalue weighted by Crippen LogP contribution is -2.55. The van der Waals surface area contributed by atoms with Crippen LogP contribution in [0.3, 0.4) is 0 Å². The van der Waals surface area contributed by atoms with Gasteiger partial charge in [0.15, 0.2) is 11.5 Å². The van der Waals surface area contributed by atoms with Crippen molar-refractivity contribution in [1.82, 2.24) is 10.2 Å². The van der Waals surface area contributed by atoms with Crippen molar-refractivity contribution in [3.05, 3.63) is 98.1 Å². The summed E-state index contributed by atoms with van der Waals surface area (Å²) in [6.07, 6.45) is -5.62. The minimum absolute atomic E-state index is 0.0130. The molecule has 0 bridgehead atoms. The Kier molecular flexibility index (Phi) is 12.7. The number of alkyl halides is 3. The van der Waals surface area contributed by atoms with Crippen LogP contribution >= 0.6 is 22.6 Å². The molecule has 3 unspecified atom stereocenters. The lowest BCUT2D eigenvalue weighted by atomic mass is 9.87. The predicted octanol–water partition coefficient (Wildman–Crippen LogP) is 4.12. The van der Waals surface area contributed by atoms with Crippen LogP contribution < -0.4 is 19.5 Å². The molecule has 0 fully saturated rings. The second-order valence-corrected chi connectivity index (χ2v) is 12.1. The molecule has 0 radical (unpaired) electrons. The molecule has 10 nitrogen and oxygen atoms in total. The van der Waals surface area contributed by atoms with Gasteiger partial charge in [-0.2, -0.15) is 13.2 Å². The molecule has 14 heteroatoms. The van der Waals surface area contributed by atoms with Gasteiger partial charge in [-0.05, 0) is 94.7 Å². The zero-order valence-electron chi connectivity index (χ0n) is 26.2. The van der Waals surface area contributed by atoms with Crippen LogP contribution in [0, 0.1) is 3.57 Å². The van der Waals surface area contributed by atoms with Crippen molar-refractivity contribution in [2.24, 2.45) is 0 Å². The monoisotopic (exact) mass is 784 g/mol. The number of amides is 2. The highest BCUT2D eigenvalue weighted by atomic mass is 127. The van der Waals surface area contributed by atoms with Crippen molar-refractivity contribution in [2.75, 3.05) is 33.9 Å². The number of hydrogen-bond donors (Lipinski definition) is 4. The Balaban J connectivity index is 1.76. The van der Waals surface area contributed by atoms with E-state index in [-0.39, 0.29) is 61.8 Å². The number of benzene rings is 3. The maximum atomic E-state index is 14.1. The molecule has 1 aliphatic carbocycles. The number of methoxy groups -OCH3 is 2. The zero-order valence-corrected chi connectivity index (χ0v) is 28.3. The normalized spacial score (nSPS) is 17.7. The van der Waals surface area contributed by atoms with Crippen LogP contribution in [0.1, 0.15) is 33.5 Å². The Morgan fingerprint density at radius 3 is 2.38 bits per heavy atom. The van der Waals surface area contributed by atoms with E-state index in [4.69, 9.17) is 14.2 Å². The molecule has 48 heavy (non-hydrogen) atoms. The van der Waals surface area contributed by atoms with E-state index in [9.17, 15) is 38.1 Å². The summed E-state index contributed by atoms with van der Waals surface area (Å²) in [5.74, 6) is -0.146. The molecule has 0 saturated heterocycles. The van der Waals surface area contributed by atoms with Gasteiger partial charge in [0.05, 0.1) is 42.6 Å². The quantitative estimate of drug-likeness (QED) is 0.190. The number of halogens is 4. The second kappa shape index (κ2) is 16.5. The molecule has 4 N–H and O–H groups in total. The fraction of sp³-hybridized carbons (Fsp3) is 0.353. The number of carbonyl (C=O) groups excluding carboxylic acids is 2. The van der Waals surface area contributed by atoms with Crippen LogP contribution in [-0.4, -0.2) is 84.2 Å². The third-order valence-corrected chi connectivity index (χ3v) is 8.64. The SMILES string of the molecule is COc1cccc(CCN(C(=O)c2ccc(C(F)(F)F)cc2)C2CC(C(=O)NCCO)=CC(Oc3c(I)cc(CO)cc3OC)C2O)c1. The molecule has 3 atom stereocenters. The molecule has 1 aliphatic rings. The minimum atomic E-state index is -4.60. The largest absolute Gasteiger partial charge is 0.497 e. The predicted molar refractivity (Wildman–Crippen MR) is 178 cm³/mol. The summed E-state index contributed by atoms with van der Waals surface area (Å²) >= 11 is 1.99. The number of hydrogen-bond acceptors (Lipinski definition) is 8. The van der Waals surface area contributed by atoms with Crippen LogP contribution in [0.4, 0.5) is 13.2 Å². The van der Waals surface area contributed by atoms with E-state index in [1.165, 1.54) is 25.2 Å². The minimum Gasteiger partial charge on any atom is -0.497 e. The van der Waals surface area contributed by atoms with E-state index in [2.05, 4.69) is 5.32 Å². The Morgan fingerprint density at radius 2 is 1.75 bits per heavy atom. The molecule has 258 valence electrons. The first kappa shape index (κ1) is 37.0. The van der Waals surface area contributed by atoms with Crippen molar-refractivity contribution in [1.29, 1.82) is 0 Å². The first-order chi connectivity index (χ1) is 22.9. The van der Waals surface area contributed by atoms with Crippen molar-refractivity contribution in [3.8, 4) is 17.2 Å². The lowest BCUT2D eigenvalue weighted by Gasteiger charge is -2.41. The highest BCUT2D eigenvalue weighted by Gasteiger charge is 2.41. The first-order valence-corrected chi connectivity index (χ1v) is 16.0.